The van der Waals surface area contributed by atoms with E-state index in [1.165, 1.54) is 0 Å². The van der Waals surface area contributed by atoms with Gasteiger partial charge in [-0.3, -0.25) is 19.3 Å². The Morgan fingerprint density at radius 2 is 1.81 bits per heavy atom. The molecule has 0 aliphatic carbocycles. The number of benzene rings is 2. The number of imide groups is 1. The summed E-state index contributed by atoms with van der Waals surface area (Å²) in [7, 11) is 0. The van der Waals surface area contributed by atoms with E-state index in [2.05, 4.69) is 10.2 Å². The molecule has 7 nitrogen and oxygen atoms in total. The molecule has 2 heterocycles. The van der Waals surface area contributed by atoms with Gasteiger partial charge in [0.15, 0.2) is 0 Å². The van der Waals surface area contributed by atoms with Crippen molar-refractivity contribution < 1.29 is 19.1 Å². The van der Waals surface area contributed by atoms with Crippen molar-refractivity contribution in [3.05, 3.63) is 64.0 Å². The Balaban J connectivity index is 1.41. The topological polar surface area (TPSA) is 79.0 Å². The summed E-state index contributed by atoms with van der Waals surface area (Å²) in [6.45, 7) is 2.73. The van der Waals surface area contributed by atoms with Crippen molar-refractivity contribution in [2.75, 3.05) is 43.1 Å². The van der Waals surface area contributed by atoms with Crippen LogP contribution in [0.4, 0.5) is 16.2 Å². The van der Waals surface area contributed by atoms with Crippen LogP contribution in [-0.2, 0) is 14.3 Å². The first-order valence-electron chi connectivity index (χ1n) is 9.74. The number of nitrogens with one attached hydrogen (secondary N) is 1. The Morgan fingerprint density at radius 3 is 2.52 bits per heavy atom. The van der Waals surface area contributed by atoms with E-state index in [1.807, 2.05) is 24.3 Å². The average molecular weight is 458 g/mol. The predicted octanol–water partition coefficient (Wildman–Crippen LogP) is 3.85. The first-order chi connectivity index (χ1) is 15.0. The van der Waals surface area contributed by atoms with Crippen molar-refractivity contribution in [2.24, 2.45) is 0 Å². The summed E-state index contributed by atoms with van der Waals surface area (Å²) < 4.78 is 5.37. The lowest BCUT2D eigenvalue weighted by atomic mass is 10.1. The fourth-order valence-corrected chi connectivity index (χ4v) is 4.31. The van der Waals surface area contributed by atoms with Gasteiger partial charge in [-0.05, 0) is 47.7 Å². The maximum atomic E-state index is 12.7. The third-order valence-corrected chi connectivity index (χ3v) is 6.13. The Bertz CT molecular complexity index is 1040. The smallest absolute Gasteiger partial charge is 0.294 e. The third kappa shape index (κ3) is 5.10. The number of rotatable bonds is 5. The average Bonchev–Trinajstić information content (AvgIpc) is 3.04. The van der Waals surface area contributed by atoms with E-state index in [-0.39, 0.29) is 11.4 Å². The van der Waals surface area contributed by atoms with Crippen LogP contribution in [0.5, 0.6) is 0 Å². The summed E-state index contributed by atoms with van der Waals surface area (Å²) >= 11 is 6.86. The van der Waals surface area contributed by atoms with Crippen molar-refractivity contribution in [1.82, 2.24) is 4.90 Å². The summed E-state index contributed by atoms with van der Waals surface area (Å²) in [6.07, 6.45) is 1.67. The second-order valence-corrected chi connectivity index (χ2v) is 8.39. The molecule has 0 radical (unpaired) electrons. The molecular formula is C22H20ClN3O4S. The highest BCUT2D eigenvalue weighted by Gasteiger charge is 2.36. The van der Waals surface area contributed by atoms with Crippen LogP contribution in [0.2, 0.25) is 5.02 Å². The summed E-state index contributed by atoms with van der Waals surface area (Å²) in [5.41, 5.74) is 2.32. The molecule has 2 aliphatic heterocycles. The van der Waals surface area contributed by atoms with Gasteiger partial charge in [0.05, 0.1) is 28.8 Å². The van der Waals surface area contributed by atoms with Crippen molar-refractivity contribution in [3.63, 3.8) is 0 Å². The van der Waals surface area contributed by atoms with Gasteiger partial charge >= 0.3 is 0 Å². The van der Waals surface area contributed by atoms with E-state index < -0.39 is 17.1 Å². The number of hydrogen-bond donors (Lipinski definition) is 1. The minimum Gasteiger partial charge on any atom is -0.378 e. The maximum absolute atomic E-state index is 12.7. The van der Waals surface area contributed by atoms with Gasteiger partial charge in [-0.25, -0.2) is 0 Å². The fraction of sp³-hybridized carbons (Fsp3) is 0.227. The highest BCUT2D eigenvalue weighted by Crippen LogP contribution is 2.32. The van der Waals surface area contributed by atoms with Gasteiger partial charge in [-0.15, -0.1) is 0 Å². The molecule has 0 atom stereocenters. The molecule has 160 valence electrons. The number of carbonyl (C=O) groups is 3. The number of amides is 3. The van der Waals surface area contributed by atoms with E-state index in [0.29, 0.717) is 23.9 Å². The second-order valence-electron chi connectivity index (χ2n) is 6.99. The van der Waals surface area contributed by atoms with Crippen LogP contribution in [0.3, 0.4) is 0 Å². The molecule has 0 spiro atoms. The molecule has 2 fully saturated rings. The Labute approximate surface area is 189 Å². The molecule has 0 unspecified atom stereocenters. The van der Waals surface area contributed by atoms with E-state index >= 15 is 0 Å². The summed E-state index contributed by atoms with van der Waals surface area (Å²) in [4.78, 5) is 40.7. The Hall–Kier alpha value is -2.81. The predicted molar refractivity (Wildman–Crippen MR) is 122 cm³/mol. The molecule has 4 rings (SSSR count). The molecule has 0 aromatic heterocycles. The Morgan fingerprint density at radius 1 is 1.10 bits per heavy atom. The molecule has 2 aromatic carbocycles. The van der Waals surface area contributed by atoms with Gasteiger partial charge in [0.25, 0.3) is 11.1 Å². The number of morpholine rings is 1. The zero-order valence-corrected chi connectivity index (χ0v) is 18.1. The Kier molecular flexibility index (Phi) is 6.60. The lowest BCUT2D eigenvalue weighted by Gasteiger charge is -2.28. The highest BCUT2D eigenvalue weighted by molar-refractivity contribution is 8.18. The number of anilines is 2. The molecule has 2 saturated heterocycles. The number of thioether (sulfide) groups is 1. The standard InChI is InChI=1S/C22H20ClN3O4S/c23-17-3-1-2-4-18(17)24-20(27)14-26-21(28)19(31-22(26)29)13-15-5-7-16(8-6-15)25-9-11-30-12-10-25/h1-8,13H,9-12,14H2,(H,24,27)/b19-13+. The monoisotopic (exact) mass is 457 g/mol. The number of ether oxygens (including phenoxy) is 1. The minimum atomic E-state index is -0.494. The first kappa shape index (κ1) is 21.4. The number of halogens is 1. The number of nitrogens with zero attached hydrogens (tertiary/aromatic N) is 2. The van der Waals surface area contributed by atoms with Crippen molar-refractivity contribution in [2.45, 2.75) is 0 Å². The number of carbonyl (C=O) groups excluding carboxylic acids is 3. The normalized spacial score (nSPS) is 18.0. The van der Waals surface area contributed by atoms with Gasteiger partial charge in [-0.2, -0.15) is 0 Å². The third-order valence-electron chi connectivity index (χ3n) is 4.89. The first-order valence-corrected chi connectivity index (χ1v) is 10.9. The summed E-state index contributed by atoms with van der Waals surface area (Å²) in [5, 5.41) is 2.52. The number of hydrogen-bond acceptors (Lipinski definition) is 6. The molecule has 9 heteroatoms. The largest absolute Gasteiger partial charge is 0.378 e. The van der Waals surface area contributed by atoms with Gasteiger partial charge in [0, 0.05) is 18.8 Å². The van der Waals surface area contributed by atoms with Crippen molar-refractivity contribution >= 4 is 57.9 Å². The molecule has 2 aromatic rings. The zero-order valence-electron chi connectivity index (χ0n) is 16.5. The van der Waals surface area contributed by atoms with Crippen molar-refractivity contribution in [3.8, 4) is 0 Å². The van der Waals surface area contributed by atoms with Crippen LogP contribution in [0.15, 0.2) is 53.4 Å². The van der Waals surface area contributed by atoms with Crippen molar-refractivity contribution in [1.29, 1.82) is 0 Å². The van der Waals surface area contributed by atoms with E-state index in [0.717, 1.165) is 41.0 Å². The van der Waals surface area contributed by atoms with E-state index in [9.17, 15) is 14.4 Å². The molecule has 0 saturated carbocycles. The van der Waals surface area contributed by atoms with Gasteiger partial charge < -0.3 is 15.0 Å². The van der Waals surface area contributed by atoms with Crippen LogP contribution in [-0.4, -0.2) is 54.8 Å². The van der Waals surface area contributed by atoms with E-state index in [1.54, 1.807) is 30.3 Å². The van der Waals surface area contributed by atoms with Gasteiger partial charge in [0.2, 0.25) is 5.91 Å². The summed E-state index contributed by atoms with van der Waals surface area (Å²) in [6, 6.07) is 14.5. The zero-order chi connectivity index (χ0) is 21.8. The molecule has 2 aliphatic rings. The molecule has 3 amide bonds. The molecular weight excluding hydrogens is 438 g/mol. The van der Waals surface area contributed by atoms with E-state index in [4.69, 9.17) is 16.3 Å². The highest BCUT2D eigenvalue weighted by atomic mass is 35.5. The van der Waals surface area contributed by atoms with Crippen LogP contribution in [0.25, 0.3) is 6.08 Å². The summed E-state index contributed by atoms with van der Waals surface area (Å²) in [5.74, 6) is -0.979. The van der Waals surface area contributed by atoms with Gasteiger partial charge in [-0.1, -0.05) is 35.9 Å². The van der Waals surface area contributed by atoms with Crippen LogP contribution < -0.4 is 10.2 Å². The molecule has 1 N–H and O–H groups in total. The van der Waals surface area contributed by atoms with Crippen LogP contribution in [0.1, 0.15) is 5.56 Å². The minimum absolute atomic E-state index is 0.287. The lowest BCUT2D eigenvalue weighted by Crippen LogP contribution is -2.36. The molecule has 0 bridgehead atoms. The van der Waals surface area contributed by atoms with Crippen LogP contribution >= 0.6 is 23.4 Å². The number of para-hydroxylation sites is 1. The quantitative estimate of drug-likeness (QED) is 0.687. The molecule has 31 heavy (non-hydrogen) atoms. The SMILES string of the molecule is O=C(CN1C(=O)S/C(=C/c2ccc(N3CCOCC3)cc2)C1=O)Nc1ccccc1Cl. The lowest BCUT2D eigenvalue weighted by molar-refractivity contribution is -0.127. The fourth-order valence-electron chi connectivity index (χ4n) is 3.29. The van der Waals surface area contributed by atoms with Crippen LogP contribution in [0, 0.1) is 0 Å². The van der Waals surface area contributed by atoms with Gasteiger partial charge in [0.1, 0.15) is 6.54 Å². The second kappa shape index (κ2) is 9.55. The maximum Gasteiger partial charge on any atom is 0.294 e.